The van der Waals surface area contributed by atoms with Crippen molar-refractivity contribution in [3.8, 4) is 16.9 Å². The molecule has 0 aliphatic heterocycles. The number of methoxy groups -OCH3 is 1. The molecule has 0 amide bonds. The van der Waals surface area contributed by atoms with Crippen LogP contribution in [0.3, 0.4) is 0 Å². The fraction of sp³-hybridized carbons (Fsp3) is 0.286. The molecule has 0 aliphatic carbocycles. The van der Waals surface area contributed by atoms with Crippen LogP contribution in [0, 0.1) is 5.82 Å². The molecule has 1 heterocycles. The number of aromatic nitrogens is 1. The summed E-state index contributed by atoms with van der Waals surface area (Å²) in [6.07, 6.45) is -0.562. The number of fused-ring (bicyclic) bond motifs is 1. The Morgan fingerprint density at radius 2 is 1.81 bits per heavy atom. The Balaban J connectivity index is 2.18. The Hall–Kier alpha value is -2.63. The van der Waals surface area contributed by atoms with Crippen molar-refractivity contribution in [2.24, 2.45) is 0 Å². The molecule has 0 unspecified atom stereocenters. The third kappa shape index (κ3) is 3.89. The molecule has 6 heteroatoms. The molecule has 142 valence electrons. The lowest BCUT2D eigenvalue weighted by atomic mass is 9.93. The van der Waals surface area contributed by atoms with Crippen LogP contribution in [0.5, 0.6) is 5.75 Å². The minimum absolute atomic E-state index is 0.124. The van der Waals surface area contributed by atoms with E-state index in [4.69, 9.17) is 4.74 Å². The SMILES string of the molecule is CCCCc1c(-c2ccc(C(F)(F)F)cc2F)cnc2cc(OC)ccc12. The van der Waals surface area contributed by atoms with Gasteiger partial charge in [0.15, 0.2) is 0 Å². The van der Waals surface area contributed by atoms with E-state index in [2.05, 4.69) is 4.98 Å². The molecule has 0 bridgehead atoms. The van der Waals surface area contributed by atoms with Crippen LogP contribution < -0.4 is 4.74 Å². The summed E-state index contributed by atoms with van der Waals surface area (Å²) in [5.74, 6) is -0.248. The van der Waals surface area contributed by atoms with E-state index in [1.54, 1.807) is 19.2 Å². The first-order valence-corrected chi connectivity index (χ1v) is 8.68. The number of hydrogen-bond acceptors (Lipinski definition) is 2. The molecular formula is C21H19F4NO. The van der Waals surface area contributed by atoms with Crippen molar-refractivity contribution >= 4 is 10.9 Å². The van der Waals surface area contributed by atoms with Crippen LogP contribution in [0.2, 0.25) is 0 Å². The molecular weight excluding hydrogens is 358 g/mol. The molecule has 0 saturated heterocycles. The van der Waals surface area contributed by atoms with Gasteiger partial charge in [0.25, 0.3) is 0 Å². The van der Waals surface area contributed by atoms with Gasteiger partial charge < -0.3 is 4.74 Å². The van der Waals surface area contributed by atoms with Crippen LogP contribution in [0.15, 0.2) is 42.6 Å². The van der Waals surface area contributed by atoms with Gasteiger partial charge in [0.2, 0.25) is 0 Å². The third-order valence-corrected chi connectivity index (χ3v) is 4.55. The van der Waals surface area contributed by atoms with Crippen molar-refractivity contribution in [2.45, 2.75) is 32.4 Å². The van der Waals surface area contributed by atoms with Gasteiger partial charge in [-0.3, -0.25) is 4.98 Å². The monoisotopic (exact) mass is 377 g/mol. The van der Waals surface area contributed by atoms with Gasteiger partial charge in [0.05, 0.1) is 18.2 Å². The predicted molar refractivity (Wildman–Crippen MR) is 97.3 cm³/mol. The first-order valence-electron chi connectivity index (χ1n) is 8.68. The minimum atomic E-state index is -4.58. The van der Waals surface area contributed by atoms with Crippen molar-refractivity contribution in [1.82, 2.24) is 4.98 Å². The molecule has 3 aromatic rings. The van der Waals surface area contributed by atoms with E-state index in [1.807, 2.05) is 13.0 Å². The molecule has 0 saturated carbocycles. The average molecular weight is 377 g/mol. The maximum absolute atomic E-state index is 14.5. The number of ether oxygens (including phenoxy) is 1. The van der Waals surface area contributed by atoms with Gasteiger partial charge in [-0.1, -0.05) is 19.4 Å². The quantitative estimate of drug-likeness (QED) is 0.479. The highest BCUT2D eigenvalue weighted by Crippen LogP contribution is 2.36. The number of unbranched alkanes of at least 4 members (excludes halogenated alkanes) is 1. The van der Waals surface area contributed by atoms with Crippen LogP contribution in [0.25, 0.3) is 22.0 Å². The lowest BCUT2D eigenvalue weighted by Crippen LogP contribution is -2.06. The number of pyridine rings is 1. The first kappa shape index (κ1) is 19.1. The predicted octanol–water partition coefficient (Wildman–Crippen LogP) is 6.41. The molecule has 2 nitrogen and oxygen atoms in total. The average Bonchev–Trinajstić information content (AvgIpc) is 2.64. The highest BCUT2D eigenvalue weighted by atomic mass is 19.4. The van der Waals surface area contributed by atoms with Gasteiger partial charge in [0, 0.05) is 28.8 Å². The second kappa shape index (κ2) is 7.55. The largest absolute Gasteiger partial charge is 0.497 e. The van der Waals surface area contributed by atoms with Gasteiger partial charge in [-0.15, -0.1) is 0 Å². The zero-order valence-electron chi connectivity index (χ0n) is 15.0. The van der Waals surface area contributed by atoms with Gasteiger partial charge in [-0.05, 0) is 42.7 Å². The molecule has 0 fully saturated rings. The molecule has 3 rings (SSSR count). The lowest BCUT2D eigenvalue weighted by Gasteiger charge is -2.15. The van der Waals surface area contributed by atoms with Gasteiger partial charge >= 0.3 is 6.18 Å². The van der Waals surface area contributed by atoms with E-state index < -0.39 is 17.6 Å². The van der Waals surface area contributed by atoms with E-state index in [9.17, 15) is 17.6 Å². The normalized spacial score (nSPS) is 11.8. The number of nitrogens with zero attached hydrogens (tertiary/aromatic N) is 1. The molecule has 0 atom stereocenters. The Bertz CT molecular complexity index is 966. The van der Waals surface area contributed by atoms with Crippen molar-refractivity contribution in [2.75, 3.05) is 7.11 Å². The fourth-order valence-electron chi connectivity index (χ4n) is 3.12. The van der Waals surface area contributed by atoms with Crippen LogP contribution >= 0.6 is 0 Å². The summed E-state index contributed by atoms with van der Waals surface area (Å²) in [6.45, 7) is 2.05. The summed E-state index contributed by atoms with van der Waals surface area (Å²) in [5.41, 5.74) is 1.23. The Kier molecular flexibility index (Phi) is 5.35. The van der Waals surface area contributed by atoms with Crippen molar-refractivity contribution in [3.05, 3.63) is 59.5 Å². The number of hydrogen-bond donors (Lipinski definition) is 0. The maximum atomic E-state index is 14.5. The van der Waals surface area contributed by atoms with Crippen molar-refractivity contribution < 1.29 is 22.3 Å². The number of rotatable bonds is 5. The van der Waals surface area contributed by atoms with Crippen LogP contribution in [0.1, 0.15) is 30.9 Å². The highest BCUT2D eigenvalue weighted by Gasteiger charge is 2.31. The fourth-order valence-corrected chi connectivity index (χ4v) is 3.12. The van der Waals surface area contributed by atoms with E-state index in [1.165, 1.54) is 12.3 Å². The van der Waals surface area contributed by atoms with Gasteiger partial charge in [0.1, 0.15) is 11.6 Å². The second-order valence-corrected chi connectivity index (χ2v) is 6.33. The highest BCUT2D eigenvalue weighted by molar-refractivity contribution is 5.89. The summed E-state index contributed by atoms with van der Waals surface area (Å²) in [4.78, 5) is 4.38. The molecule has 1 aromatic heterocycles. The standard InChI is InChI=1S/C21H19F4NO/c1-3-4-5-15-17-9-7-14(27-2)11-20(17)26-12-18(15)16-8-6-13(10-19(16)22)21(23,24)25/h6-12H,3-5H2,1-2H3. The number of halogens is 4. The molecule has 0 spiro atoms. The van der Waals surface area contributed by atoms with E-state index in [0.29, 0.717) is 29.3 Å². The Morgan fingerprint density at radius 3 is 2.44 bits per heavy atom. The number of benzene rings is 2. The molecule has 2 aromatic carbocycles. The third-order valence-electron chi connectivity index (χ3n) is 4.55. The topological polar surface area (TPSA) is 22.1 Å². The molecule has 0 radical (unpaired) electrons. The maximum Gasteiger partial charge on any atom is 0.416 e. The lowest BCUT2D eigenvalue weighted by molar-refractivity contribution is -0.137. The summed E-state index contributed by atoms with van der Waals surface area (Å²) in [6, 6.07) is 8.07. The number of aryl methyl sites for hydroxylation is 1. The smallest absolute Gasteiger partial charge is 0.416 e. The Morgan fingerprint density at radius 1 is 1.04 bits per heavy atom. The molecule has 0 N–H and O–H groups in total. The second-order valence-electron chi connectivity index (χ2n) is 6.33. The van der Waals surface area contributed by atoms with Crippen LogP contribution in [-0.4, -0.2) is 12.1 Å². The van der Waals surface area contributed by atoms with Crippen molar-refractivity contribution in [1.29, 1.82) is 0 Å². The summed E-state index contributed by atoms with van der Waals surface area (Å²) >= 11 is 0. The van der Waals surface area contributed by atoms with E-state index >= 15 is 0 Å². The van der Waals surface area contributed by atoms with Gasteiger partial charge in [-0.2, -0.15) is 13.2 Å². The van der Waals surface area contributed by atoms with Gasteiger partial charge in [-0.25, -0.2) is 4.39 Å². The minimum Gasteiger partial charge on any atom is -0.497 e. The molecule has 27 heavy (non-hydrogen) atoms. The number of alkyl halides is 3. The summed E-state index contributed by atoms with van der Waals surface area (Å²) in [7, 11) is 1.56. The summed E-state index contributed by atoms with van der Waals surface area (Å²) < 4.78 is 58.3. The summed E-state index contributed by atoms with van der Waals surface area (Å²) in [5, 5.41) is 0.848. The van der Waals surface area contributed by atoms with E-state index in [-0.39, 0.29) is 5.56 Å². The zero-order valence-corrected chi connectivity index (χ0v) is 15.0. The van der Waals surface area contributed by atoms with Crippen LogP contribution in [0.4, 0.5) is 17.6 Å². The Labute approximate surface area is 154 Å². The van der Waals surface area contributed by atoms with Crippen molar-refractivity contribution in [3.63, 3.8) is 0 Å². The zero-order chi connectivity index (χ0) is 19.6. The molecule has 0 aliphatic rings. The van der Waals surface area contributed by atoms with E-state index in [0.717, 1.165) is 29.9 Å². The first-order chi connectivity index (χ1) is 12.8. The van der Waals surface area contributed by atoms with Crippen LogP contribution in [-0.2, 0) is 12.6 Å².